The summed E-state index contributed by atoms with van der Waals surface area (Å²) < 4.78 is 0. The Labute approximate surface area is 147 Å². The Morgan fingerprint density at radius 3 is 2.29 bits per heavy atom. The minimum atomic E-state index is -0.694. The maximum absolute atomic E-state index is 12.6. The molecule has 1 amide bonds. The lowest BCUT2D eigenvalue weighted by Crippen LogP contribution is -2.58. The minimum Gasteiger partial charge on any atom is -0.362 e. The zero-order valence-electron chi connectivity index (χ0n) is 13.5. The van der Waals surface area contributed by atoms with Gasteiger partial charge in [-0.2, -0.15) is 0 Å². The normalized spacial score (nSPS) is 19.7. The number of carbonyl (C=O) groups is 1. The molecule has 0 atom stereocenters. The summed E-state index contributed by atoms with van der Waals surface area (Å²) >= 11 is 0. The quantitative estimate of drug-likeness (QED) is 0.661. The van der Waals surface area contributed by atoms with E-state index in [1.807, 2.05) is 9.80 Å². The van der Waals surface area contributed by atoms with Crippen LogP contribution in [0.15, 0.2) is 24.3 Å². The molecule has 1 aromatic carbocycles. The van der Waals surface area contributed by atoms with Crippen molar-refractivity contribution in [1.29, 1.82) is 0 Å². The van der Waals surface area contributed by atoms with E-state index in [-0.39, 0.29) is 28.9 Å². The third-order valence-corrected chi connectivity index (χ3v) is 4.91. The van der Waals surface area contributed by atoms with Crippen molar-refractivity contribution in [3.8, 4) is 0 Å². The number of nitro benzene ring substituents is 1. The number of carbonyl (C=O) groups excluding carboxylic acids is 1. The molecule has 0 unspecified atom stereocenters. The van der Waals surface area contributed by atoms with Crippen LogP contribution in [0.2, 0.25) is 0 Å². The molecule has 1 saturated heterocycles. The highest BCUT2D eigenvalue weighted by Gasteiger charge is 2.40. The van der Waals surface area contributed by atoms with Crippen molar-refractivity contribution in [2.24, 2.45) is 5.73 Å². The monoisotopic (exact) mass is 354 g/mol. The third-order valence-electron chi connectivity index (χ3n) is 4.91. The smallest absolute Gasteiger partial charge is 0.292 e. The van der Waals surface area contributed by atoms with E-state index in [0.29, 0.717) is 31.9 Å². The molecule has 0 spiro atoms. The molecule has 132 valence electrons. The Kier molecular flexibility index (Phi) is 5.66. The molecule has 8 heteroatoms. The molecule has 2 fully saturated rings. The number of anilines is 1. The molecule has 1 aromatic rings. The van der Waals surface area contributed by atoms with E-state index in [4.69, 9.17) is 5.73 Å². The molecular weight excluding hydrogens is 332 g/mol. The first-order chi connectivity index (χ1) is 11.0. The Balaban J connectivity index is 0.00000208. The molecule has 1 aliphatic heterocycles. The number of hydrogen-bond donors (Lipinski definition) is 1. The molecule has 1 aliphatic carbocycles. The van der Waals surface area contributed by atoms with E-state index in [1.54, 1.807) is 18.2 Å². The van der Waals surface area contributed by atoms with Crippen molar-refractivity contribution in [2.75, 3.05) is 31.1 Å². The van der Waals surface area contributed by atoms with Crippen LogP contribution in [-0.2, 0) is 4.79 Å². The van der Waals surface area contributed by atoms with Gasteiger partial charge in [-0.05, 0) is 18.9 Å². The molecule has 0 bridgehead atoms. The Bertz CT molecular complexity index is 611. The van der Waals surface area contributed by atoms with Crippen molar-refractivity contribution >= 4 is 29.7 Å². The lowest BCUT2D eigenvalue weighted by Gasteiger charge is -2.39. The maximum atomic E-state index is 12.6. The van der Waals surface area contributed by atoms with Crippen LogP contribution in [0, 0.1) is 10.1 Å². The highest BCUT2D eigenvalue weighted by atomic mass is 35.5. The van der Waals surface area contributed by atoms with E-state index >= 15 is 0 Å². The summed E-state index contributed by atoms with van der Waals surface area (Å²) in [6, 6.07) is 6.74. The van der Waals surface area contributed by atoms with Gasteiger partial charge in [0.25, 0.3) is 5.69 Å². The number of rotatable bonds is 3. The van der Waals surface area contributed by atoms with Gasteiger partial charge in [-0.3, -0.25) is 14.9 Å². The van der Waals surface area contributed by atoms with Gasteiger partial charge in [0, 0.05) is 32.2 Å². The number of nitro groups is 1. The lowest BCUT2D eigenvalue weighted by atomic mass is 9.97. The van der Waals surface area contributed by atoms with E-state index in [9.17, 15) is 14.9 Å². The van der Waals surface area contributed by atoms with Crippen LogP contribution >= 0.6 is 12.4 Å². The number of halogens is 1. The van der Waals surface area contributed by atoms with Gasteiger partial charge in [0.1, 0.15) is 5.69 Å². The number of piperazine rings is 1. The molecule has 1 heterocycles. The van der Waals surface area contributed by atoms with Crippen molar-refractivity contribution in [2.45, 2.75) is 31.2 Å². The average molecular weight is 355 g/mol. The van der Waals surface area contributed by atoms with Crippen molar-refractivity contribution < 1.29 is 9.72 Å². The topological polar surface area (TPSA) is 92.7 Å². The van der Waals surface area contributed by atoms with Gasteiger partial charge in [0.2, 0.25) is 5.91 Å². The van der Waals surface area contributed by atoms with Gasteiger partial charge >= 0.3 is 0 Å². The minimum absolute atomic E-state index is 0. The predicted octanol–water partition coefficient (Wildman–Crippen LogP) is 1.94. The second-order valence-electron chi connectivity index (χ2n) is 6.39. The highest BCUT2D eigenvalue weighted by Crippen LogP contribution is 2.31. The van der Waals surface area contributed by atoms with Crippen molar-refractivity contribution in [3.05, 3.63) is 34.4 Å². The Morgan fingerprint density at radius 2 is 1.71 bits per heavy atom. The molecule has 2 aliphatic rings. The molecule has 24 heavy (non-hydrogen) atoms. The maximum Gasteiger partial charge on any atom is 0.292 e. The van der Waals surface area contributed by atoms with Crippen LogP contribution < -0.4 is 10.6 Å². The third kappa shape index (κ3) is 3.47. The summed E-state index contributed by atoms with van der Waals surface area (Å²) in [5, 5.41) is 11.2. The lowest BCUT2D eigenvalue weighted by molar-refractivity contribution is -0.384. The first-order valence-electron chi connectivity index (χ1n) is 8.08. The number of nitrogens with zero attached hydrogens (tertiary/aromatic N) is 3. The predicted molar refractivity (Wildman–Crippen MR) is 94.5 cm³/mol. The molecule has 0 aromatic heterocycles. The van der Waals surface area contributed by atoms with Gasteiger partial charge in [0.15, 0.2) is 0 Å². The molecule has 3 rings (SSSR count). The highest BCUT2D eigenvalue weighted by molar-refractivity contribution is 5.86. The van der Waals surface area contributed by atoms with E-state index in [1.165, 1.54) is 6.07 Å². The molecule has 1 saturated carbocycles. The number of hydrogen-bond acceptors (Lipinski definition) is 5. The zero-order valence-corrected chi connectivity index (χ0v) is 14.3. The fraction of sp³-hybridized carbons (Fsp3) is 0.562. The summed E-state index contributed by atoms with van der Waals surface area (Å²) in [7, 11) is 0. The van der Waals surface area contributed by atoms with E-state index in [2.05, 4.69) is 0 Å². The van der Waals surface area contributed by atoms with Crippen LogP contribution in [0.1, 0.15) is 25.7 Å². The summed E-state index contributed by atoms with van der Waals surface area (Å²) in [5.41, 5.74) is 6.28. The Morgan fingerprint density at radius 1 is 1.12 bits per heavy atom. The fourth-order valence-electron chi connectivity index (χ4n) is 3.57. The van der Waals surface area contributed by atoms with Gasteiger partial charge in [0.05, 0.1) is 10.5 Å². The van der Waals surface area contributed by atoms with Gasteiger partial charge < -0.3 is 15.5 Å². The first kappa shape index (κ1) is 18.5. The largest absolute Gasteiger partial charge is 0.362 e. The Hall–Kier alpha value is -1.86. The summed E-state index contributed by atoms with van der Waals surface area (Å²) in [4.78, 5) is 27.2. The second kappa shape index (κ2) is 7.36. The first-order valence-corrected chi connectivity index (χ1v) is 8.08. The van der Waals surface area contributed by atoms with Crippen LogP contribution in [0.5, 0.6) is 0 Å². The summed E-state index contributed by atoms with van der Waals surface area (Å²) in [6.07, 6.45) is 3.54. The van der Waals surface area contributed by atoms with E-state index < -0.39 is 5.54 Å². The molecular formula is C16H23ClN4O3. The number of benzene rings is 1. The second-order valence-corrected chi connectivity index (χ2v) is 6.39. The van der Waals surface area contributed by atoms with E-state index in [0.717, 1.165) is 25.7 Å². The van der Waals surface area contributed by atoms with Crippen LogP contribution in [0.25, 0.3) is 0 Å². The van der Waals surface area contributed by atoms with Crippen LogP contribution in [-0.4, -0.2) is 47.4 Å². The van der Waals surface area contributed by atoms with Crippen LogP contribution in [0.4, 0.5) is 11.4 Å². The fourth-order valence-corrected chi connectivity index (χ4v) is 3.57. The molecule has 7 nitrogen and oxygen atoms in total. The molecule has 0 radical (unpaired) electrons. The van der Waals surface area contributed by atoms with Crippen molar-refractivity contribution in [3.63, 3.8) is 0 Å². The number of para-hydroxylation sites is 2. The summed E-state index contributed by atoms with van der Waals surface area (Å²) in [5.74, 6) is 0.0391. The van der Waals surface area contributed by atoms with Crippen LogP contribution in [0.3, 0.4) is 0 Å². The van der Waals surface area contributed by atoms with Crippen molar-refractivity contribution in [1.82, 2.24) is 4.90 Å². The zero-order chi connectivity index (χ0) is 16.4. The molecule has 2 N–H and O–H groups in total. The average Bonchev–Trinajstić information content (AvgIpc) is 3.02. The summed E-state index contributed by atoms with van der Waals surface area (Å²) in [6.45, 7) is 2.30. The van der Waals surface area contributed by atoms with Gasteiger partial charge in [-0.1, -0.05) is 25.0 Å². The standard InChI is InChI=1S/C16H22N4O3.ClH/c17-16(7-3-4-8-16)15(21)19-11-9-18(10-12-19)13-5-1-2-6-14(13)20(22)23;/h1-2,5-6H,3-4,7-12,17H2;1H. The number of amides is 1. The van der Waals surface area contributed by atoms with Gasteiger partial charge in [-0.15, -0.1) is 12.4 Å². The van der Waals surface area contributed by atoms with Gasteiger partial charge in [-0.25, -0.2) is 0 Å². The number of nitrogens with two attached hydrogens (primary N) is 1. The SMILES string of the molecule is Cl.NC1(C(=O)N2CCN(c3ccccc3[N+](=O)[O-])CC2)CCCC1.